The number of hydrogen-bond donors (Lipinski definition) is 4. The maximum atomic E-state index is 13.6. The van der Waals surface area contributed by atoms with Crippen LogP contribution in [0.3, 0.4) is 0 Å². The minimum Gasteiger partial charge on any atom is -0.469 e. The van der Waals surface area contributed by atoms with Gasteiger partial charge in [0.2, 0.25) is 0 Å². The molecule has 0 amide bonds. The number of allylic oxidation sites excluding steroid dienone is 5. The third kappa shape index (κ3) is 5.62. The van der Waals surface area contributed by atoms with Crippen molar-refractivity contribution < 1.29 is 29.3 Å². The number of hydrogen-bond acceptors (Lipinski definition) is 8. The van der Waals surface area contributed by atoms with Crippen LogP contribution < -0.4 is 0 Å². The molecule has 3 aromatic heterocycles. The van der Waals surface area contributed by atoms with E-state index in [1.165, 1.54) is 14.2 Å². The topological polar surface area (TPSA) is 150 Å². The molecule has 0 unspecified atom stereocenters. The number of esters is 2. The van der Waals surface area contributed by atoms with Crippen LogP contribution in [0.1, 0.15) is 78.1 Å². The van der Waals surface area contributed by atoms with E-state index in [2.05, 4.69) is 23.5 Å². The van der Waals surface area contributed by atoms with Crippen LogP contribution in [0, 0.1) is 19.8 Å². The molecule has 10 heteroatoms. The highest BCUT2D eigenvalue weighted by atomic mass is 16.5. The average Bonchev–Trinajstić information content (AvgIpc) is 3.76. The third-order valence-corrected chi connectivity index (χ3v) is 10.5. The number of aromatic nitrogens is 4. The van der Waals surface area contributed by atoms with E-state index in [4.69, 9.17) is 19.4 Å². The molecule has 260 valence electrons. The Balaban J connectivity index is 1.79. The number of aromatic amines is 2. The molecule has 0 fully saturated rings. The molecule has 8 bridgehead atoms. The first-order valence-corrected chi connectivity index (χ1v) is 16.9. The molecule has 0 aromatic carbocycles. The SMILES string of the molecule is C=Cc1c(C)c2cc3nc(cc4[nH]c(cc5nc(cc1[nH]2)C(C)=C5CCCO)c(CCCO)c4C)[C@@]1(C)C3=CC=C(C(=O)OC)[C@H]1C(=O)OC. The summed E-state index contributed by atoms with van der Waals surface area (Å²) in [5.74, 6) is -2.22. The van der Waals surface area contributed by atoms with Crippen LogP contribution >= 0.6 is 0 Å². The quantitative estimate of drug-likeness (QED) is 0.189. The molecule has 10 nitrogen and oxygen atoms in total. The van der Waals surface area contributed by atoms with Gasteiger partial charge in [-0.15, -0.1) is 0 Å². The van der Waals surface area contributed by atoms with Gasteiger partial charge in [-0.2, -0.15) is 0 Å². The highest BCUT2D eigenvalue weighted by molar-refractivity contribution is 6.02. The minimum absolute atomic E-state index is 0.0389. The van der Waals surface area contributed by atoms with Gasteiger partial charge in [0, 0.05) is 40.8 Å². The summed E-state index contributed by atoms with van der Waals surface area (Å²) in [6.07, 6.45) is 7.74. The maximum absolute atomic E-state index is 13.6. The van der Waals surface area contributed by atoms with Crippen molar-refractivity contribution in [3.8, 4) is 0 Å². The Bertz CT molecular complexity index is 2180. The van der Waals surface area contributed by atoms with Gasteiger partial charge < -0.3 is 29.7 Å². The van der Waals surface area contributed by atoms with E-state index in [9.17, 15) is 19.8 Å². The summed E-state index contributed by atoms with van der Waals surface area (Å²) < 4.78 is 10.4. The Labute approximate surface area is 291 Å². The standard InChI is InChI=1S/C40H44N4O6/c1-8-24-21(2)30-18-35-28-14-13-27(38(47)49-6)37(39(48)50-7)40(28,5)36(44-35)20-31-23(4)26(12-10-16-46)34(43-31)19-33-25(11-9-15-45)22(3)29(42-33)17-32(24)41-30/h8,13-14,17-20,37,41,43,45-46H,1,9-12,15-16H2,2-7H3/t37-,40+/m0/s1. The summed E-state index contributed by atoms with van der Waals surface area (Å²) in [5.41, 5.74) is 12.0. The summed E-state index contributed by atoms with van der Waals surface area (Å²) >= 11 is 0. The van der Waals surface area contributed by atoms with Crippen LogP contribution in [0.25, 0.3) is 44.9 Å². The van der Waals surface area contributed by atoms with Crippen LogP contribution in [0.15, 0.2) is 48.6 Å². The fraction of sp³-hybridized carbons (Fsp3) is 0.350. The first kappa shape index (κ1) is 34.8. The van der Waals surface area contributed by atoms with E-state index in [0.29, 0.717) is 37.1 Å². The summed E-state index contributed by atoms with van der Waals surface area (Å²) in [4.78, 5) is 44.3. The number of aliphatic hydroxyl groups is 2. The Kier molecular flexibility index (Phi) is 9.52. The molecule has 2 aliphatic heterocycles. The zero-order valence-electron chi connectivity index (χ0n) is 29.5. The van der Waals surface area contributed by atoms with Crippen molar-refractivity contribution in [1.29, 1.82) is 0 Å². The molecule has 6 rings (SSSR count). The lowest BCUT2D eigenvalue weighted by Crippen LogP contribution is -2.42. The maximum Gasteiger partial charge on any atom is 0.334 e. The number of fused-ring (bicyclic) bond motifs is 11. The molecule has 1 aliphatic carbocycles. The second-order valence-corrected chi connectivity index (χ2v) is 13.2. The fourth-order valence-electron chi connectivity index (χ4n) is 7.63. The van der Waals surface area contributed by atoms with Gasteiger partial charge in [0.1, 0.15) is 5.92 Å². The second-order valence-electron chi connectivity index (χ2n) is 13.2. The number of ether oxygens (including phenoxy) is 2. The summed E-state index contributed by atoms with van der Waals surface area (Å²) in [6.45, 7) is 12.2. The molecule has 3 aliphatic rings. The molecule has 3 aromatic rings. The van der Waals surface area contributed by atoms with E-state index < -0.39 is 23.3 Å². The molecular formula is C40H44N4O6. The number of nitrogens with one attached hydrogen (secondary N) is 2. The smallest absolute Gasteiger partial charge is 0.334 e. The summed E-state index contributed by atoms with van der Waals surface area (Å²) in [7, 11) is 2.61. The number of nitrogens with zero attached hydrogens (tertiary/aromatic N) is 2. The highest BCUT2D eigenvalue weighted by Gasteiger charge is 2.53. The number of methoxy groups -OCH3 is 2. The van der Waals surface area contributed by atoms with Crippen LogP contribution in [0.5, 0.6) is 0 Å². The molecular weight excluding hydrogens is 632 g/mol. The predicted octanol–water partition coefficient (Wildman–Crippen LogP) is 6.45. The van der Waals surface area contributed by atoms with E-state index >= 15 is 0 Å². The van der Waals surface area contributed by atoms with Crippen molar-refractivity contribution in [3.63, 3.8) is 0 Å². The molecule has 4 N–H and O–H groups in total. The second kappa shape index (κ2) is 13.7. The number of rotatable bonds is 9. The van der Waals surface area contributed by atoms with E-state index in [0.717, 1.165) is 72.4 Å². The Hall–Kier alpha value is -5.06. The molecule has 0 saturated heterocycles. The van der Waals surface area contributed by atoms with Crippen LogP contribution in [-0.4, -0.2) is 69.5 Å². The Morgan fingerprint density at radius 2 is 1.52 bits per heavy atom. The lowest BCUT2D eigenvalue weighted by molar-refractivity contribution is -0.149. The molecule has 0 saturated carbocycles. The molecule has 0 radical (unpaired) electrons. The first-order chi connectivity index (χ1) is 24.0. The van der Waals surface area contributed by atoms with E-state index in [1.807, 2.05) is 57.2 Å². The average molecular weight is 677 g/mol. The summed E-state index contributed by atoms with van der Waals surface area (Å²) in [6, 6.07) is 8.00. The van der Waals surface area contributed by atoms with Gasteiger partial charge in [0.15, 0.2) is 0 Å². The number of aliphatic hydroxyl groups excluding tert-OH is 2. The monoisotopic (exact) mass is 676 g/mol. The largest absolute Gasteiger partial charge is 0.469 e. The van der Waals surface area contributed by atoms with Crippen molar-refractivity contribution >= 4 is 56.8 Å². The molecule has 0 spiro atoms. The lowest BCUT2D eigenvalue weighted by Gasteiger charge is -2.36. The highest BCUT2D eigenvalue weighted by Crippen LogP contribution is 2.52. The number of carbonyl (C=O) groups is 2. The predicted molar refractivity (Wildman–Crippen MR) is 196 cm³/mol. The van der Waals surface area contributed by atoms with Crippen molar-refractivity contribution in [2.24, 2.45) is 5.92 Å². The number of H-pyrrole nitrogens is 2. The first-order valence-electron chi connectivity index (χ1n) is 16.9. The minimum atomic E-state index is -1.09. The van der Waals surface area contributed by atoms with Crippen LogP contribution in [-0.2, 0) is 30.9 Å². The van der Waals surface area contributed by atoms with E-state index in [1.54, 1.807) is 6.08 Å². The van der Waals surface area contributed by atoms with Crippen LogP contribution in [0.2, 0.25) is 0 Å². The van der Waals surface area contributed by atoms with E-state index in [-0.39, 0.29) is 18.8 Å². The normalized spacial score (nSPS) is 18.4. The molecule has 50 heavy (non-hydrogen) atoms. The van der Waals surface area contributed by atoms with Crippen molar-refractivity contribution in [1.82, 2.24) is 19.9 Å². The molecule has 5 heterocycles. The Morgan fingerprint density at radius 1 is 0.860 bits per heavy atom. The van der Waals surface area contributed by atoms with Crippen molar-refractivity contribution in [2.75, 3.05) is 27.4 Å². The van der Waals surface area contributed by atoms with Gasteiger partial charge in [0.05, 0.1) is 48.0 Å². The fourth-order valence-corrected chi connectivity index (χ4v) is 7.63. The van der Waals surface area contributed by atoms with Gasteiger partial charge >= 0.3 is 11.9 Å². The van der Waals surface area contributed by atoms with Gasteiger partial charge in [-0.3, -0.25) is 9.78 Å². The van der Waals surface area contributed by atoms with Crippen molar-refractivity contribution in [3.05, 3.63) is 93.6 Å². The number of carbonyl (C=O) groups excluding carboxylic acids is 2. The van der Waals surface area contributed by atoms with Gasteiger partial charge in [-0.05, 0) is 111 Å². The number of aryl methyl sites for hydroxylation is 3. The third-order valence-electron chi connectivity index (χ3n) is 10.5. The zero-order valence-corrected chi connectivity index (χ0v) is 29.5. The zero-order chi connectivity index (χ0) is 35.9. The summed E-state index contributed by atoms with van der Waals surface area (Å²) in [5, 5.41) is 19.5. The molecule has 2 atom stereocenters. The lowest BCUT2D eigenvalue weighted by atomic mass is 9.64. The van der Waals surface area contributed by atoms with Gasteiger partial charge in [-0.1, -0.05) is 24.8 Å². The van der Waals surface area contributed by atoms with Crippen molar-refractivity contribution in [2.45, 2.75) is 58.8 Å². The van der Waals surface area contributed by atoms with Gasteiger partial charge in [-0.25, -0.2) is 9.78 Å². The van der Waals surface area contributed by atoms with Gasteiger partial charge in [0.25, 0.3) is 0 Å². The van der Waals surface area contributed by atoms with Crippen LogP contribution in [0.4, 0.5) is 0 Å². The Morgan fingerprint density at radius 3 is 2.20 bits per heavy atom.